The van der Waals surface area contributed by atoms with E-state index in [-0.39, 0.29) is 10.6 Å². The summed E-state index contributed by atoms with van der Waals surface area (Å²) in [7, 11) is -7.18. The Labute approximate surface area is 175 Å². The highest BCUT2D eigenvalue weighted by Gasteiger charge is 2.23. The molecule has 29 heavy (non-hydrogen) atoms. The van der Waals surface area contributed by atoms with Gasteiger partial charge in [0.25, 0.3) is 0 Å². The molecule has 0 saturated heterocycles. The molecule has 0 aromatic heterocycles. The van der Waals surface area contributed by atoms with E-state index >= 15 is 0 Å². The van der Waals surface area contributed by atoms with Crippen LogP contribution in [-0.4, -0.2) is 34.2 Å². The first-order valence-electron chi connectivity index (χ1n) is 9.93. The molecule has 0 aliphatic heterocycles. The lowest BCUT2D eigenvalue weighted by molar-refractivity contribution is 0.395. The zero-order chi connectivity index (χ0) is 21.3. The van der Waals surface area contributed by atoms with Gasteiger partial charge in [0.05, 0.1) is 10.6 Å². The van der Waals surface area contributed by atoms with Gasteiger partial charge < -0.3 is 0 Å². The predicted molar refractivity (Wildman–Crippen MR) is 118 cm³/mol. The molecule has 0 heterocycles. The molecule has 8 heteroatoms. The Morgan fingerprint density at radius 1 is 0.793 bits per heavy atom. The number of hydrogen-bond donors (Lipinski definition) is 1. The maximum Gasteiger partial charge on any atom is 0.243 e. The first kappa shape index (κ1) is 23.4. The van der Waals surface area contributed by atoms with Gasteiger partial charge in [-0.05, 0) is 42.7 Å². The van der Waals surface area contributed by atoms with Crippen LogP contribution in [0.3, 0.4) is 0 Å². The normalized spacial score (nSPS) is 12.2. The molecule has 0 unspecified atom stereocenters. The topological polar surface area (TPSA) is 83.6 Å². The standard InChI is InChI=1S/C21H30N2O4S2/c1-3-5-16-23(17-6-4-2)29(26,27)21-14-12-20(13-15-21)22-28(24,25)18-19-10-8-7-9-11-19/h7-15,22H,3-6,16-18H2,1-2H3. The highest BCUT2D eigenvalue weighted by Crippen LogP contribution is 2.21. The Balaban J connectivity index is 2.13. The molecule has 0 bridgehead atoms. The number of rotatable bonds is 12. The third kappa shape index (κ3) is 7.13. The lowest BCUT2D eigenvalue weighted by atomic mass is 10.2. The molecule has 0 aliphatic carbocycles. The summed E-state index contributed by atoms with van der Waals surface area (Å²) >= 11 is 0. The highest BCUT2D eigenvalue weighted by atomic mass is 32.2. The summed E-state index contributed by atoms with van der Waals surface area (Å²) < 4.78 is 54.7. The Bertz CT molecular complexity index is 950. The van der Waals surface area contributed by atoms with Gasteiger partial charge in [-0.3, -0.25) is 4.72 Å². The summed E-state index contributed by atoms with van der Waals surface area (Å²) in [5.41, 5.74) is 1.02. The van der Waals surface area contributed by atoms with E-state index in [2.05, 4.69) is 4.72 Å². The van der Waals surface area contributed by atoms with Gasteiger partial charge in [0.1, 0.15) is 0 Å². The molecular formula is C21H30N2O4S2. The van der Waals surface area contributed by atoms with Crippen molar-refractivity contribution < 1.29 is 16.8 Å². The minimum absolute atomic E-state index is 0.143. The molecule has 0 aliphatic rings. The van der Waals surface area contributed by atoms with Crippen LogP contribution >= 0.6 is 0 Å². The molecule has 0 spiro atoms. The molecule has 0 fully saturated rings. The van der Waals surface area contributed by atoms with Crippen molar-refractivity contribution in [2.24, 2.45) is 0 Å². The number of anilines is 1. The van der Waals surface area contributed by atoms with Gasteiger partial charge >= 0.3 is 0 Å². The Kier molecular flexibility index (Phi) is 8.67. The fourth-order valence-electron chi connectivity index (χ4n) is 2.87. The summed E-state index contributed by atoms with van der Waals surface area (Å²) in [5.74, 6) is -0.143. The van der Waals surface area contributed by atoms with Crippen LogP contribution in [0.1, 0.15) is 45.1 Å². The van der Waals surface area contributed by atoms with E-state index in [0.29, 0.717) is 24.3 Å². The second-order valence-corrected chi connectivity index (χ2v) is 10.6. The number of nitrogens with zero attached hydrogens (tertiary/aromatic N) is 1. The second kappa shape index (κ2) is 10.8. The largest absolute Gasteiger partial charge is 0.283 e. The molecule has 0 atom stereocenters. The van der Waals surface area contributed by atoms with Crippen molar-refractivity contribution in [3.8, 4) is 0 Å². The lowest BCUT2D eigenvalue weighted by Gasteiger charge is -2.22. The maximum absolute atomic E-state index is 13.0. The maximum atomic E-state index is 13.0. The van der Waals surface area contributed by atoms with Crippen LogP contribution < -0.4 is 4.72 Å². The Morgan fingerprint density at radius 3 is 1.86 bits per heavy atom. The number of sulfonamides is 2. The molecular weight excluding hydrogens is 408 g/mol. The van der Waals surface area contributed by atoms with E-state index in [1.54, 1.807) is 24.3 Å². The summed E-state index contributed by atoms with van der Waals surface area (Å²) in [6.07, 6.45) is 3.45. The third-order valence-corrected chi connectivity index (χ3v) is 7.66. The average molecular weight is 439 g/mol. The number of nitrogens with one attached hydrogen (secondary N) is 1. The molecule has 2 aromatic rings. The van der Waals surface area contributed by atoms with Crippen molar-refractivity contribution in [3.05, 3.63) is 60.2 Å². The van der Waals surface area contributed by atoms with E-state index in [4.69, 9.17) is 0 Å². The first-order chi connectivity index (χ1) is 13.8. The Morgan fingerprint density at radius 2 is 1.34 bits per heavy atom. The molecule has 160 valence electrons. The van der Waals surface area contributed by atoms with Gasteiger partial charge in [0.15, 0.2) is 0 Å². The molecule has 2 aromatic carbocycles. The van der Waals surface area contributed by atoms with Crippen molar-refractivity contribution in [1.29, 1.82) is 0 Å². The number of hydrogen-bond acceptors (Lipinski definition) is 4. The van der Waals surface area contributed by atoms with Gasteiger partial charge in [0, 0.05) is 18.8 Å². The Hall–Kier alpha value is -1.90. The van der Waals surface area contributed by atoms with Crippen molar-refractivity contribution in [1.82, 2.24) is 4.31 Å². The lowest BCUT2D eigenvalue weighted by Crippen LogP contribution is -2.33. The molecule has 0 radical (unpaired) electrons. The number of unbranched alkanes of at least 4 members (excludes halogenated alkanes) is 2. The molecule has 0 amide bonds. The fourth-order valence-corrected chi connectivity index (χ4v) is 5.59. The van der Waals surface area contributed by atoms with Crippen LogP contribution in [0.4, 0.5) is 5.69 Å². The zero-order valence-electron chi connectivity index (χ0n) is 17.0. The van der Waals surface area contributed by atoms with Crippen molar-refractivity contribution in [2.45, 2.75) is 50.2 Å². The summed E-state index contributed by atoms with van der Waals surface area (Å²) in [4.78, 5) is 0.177. The van der Waals surface area contributed by atoms with E-state index in [0.717, 1.165) is 25.7 Å². The zero-order valence-corrected chi connectivity index (χ0v) is 18.7. The SMILES string of the molecule is CCCCN(CCCC)S(=O)(=O)c1ccc(NS(=O)(=O)Cc2ccccc2)cc1. The van der Waals surface area contributed by atoms with Crippen LogP contribution in [0.25, 0.3) is 0 Å². The van der Waals surface area contributed by atoms with Gasteiger partial charge in [-0.2, -0.15) is 4.31 Å². The molecule has 6 nitrogen and oxygen atoms in total. The van der Waals surface area contributed by atoms with E-state index in [9.17, 15) is 16.8 Å². The molecule has 2 rings (SSSR count). The smallest absolute Gasteiger partial charge is 0.243 e. The van der Waals surface area contributed by atoms with E-state index < -0.39 is 20.0 Å². The van der Waals surface area contributed by atoms with Crippen molar-refractivity contribution in [2.75, 3.05) is 17.8 Å². The van der Waals surface area contributed by atoms with Crippen LogP contribution in [0.2, 0.25) is 0 Å². The monoisotopic (exact) mass is 438 g/mol. The molecule has 1 N–H and O–H groups in total. The molecule has 0 saturated carbocycles. The van der Waals surface area contributed by atoms with Gasteiger partial charge in [0.2, 0.25) is 20.0 Å². The fraction of sp³-hybridized carbons (Fsp3) is 0.429. The number of benzene rings is 2. The van der Waals surface area contributed by atoms with E-state index in [1.165, 1.54) is 28.6 Å². The van der Waals surface area contributed by atoms with Crippen LogP contribution in [0, 0.1) is 0 Å². The van der Waals surface area contributed by atoms with Crippen LogP contribution in [0.15, 0.2) is 59.5 Å². The minimum Gasteiger partial charge on any atom is -0.283 e. The summed E-state index contributed by atoms with van der Waals surface area (Å²) in [5, 5.41) is 0. The summed E-state index contributed by atoms with van der Waals surface area (Å²) in [6.45, 7) is 5.04. The minimum atomic E-state index is -3.60. The predicted octanol–water partition coefficient (Wildman–Crippen LogP) is 4.22. The highest BCUT2D eigenvalue weighted by molar-refractivity contribution is 7.92. The van der Waals surface area contributed by atoms with Crippen LogP contribution in [-0.2, 0) is 25.8 Å². The average Bonchev–Trinajstić information content (AvgIpc) is 2.68. The van der Waals surface area contributed by atoms with Crippen molar-refractivity contribution in [3.63, 3.8) is 0 Å². The second-order valence-electron chi connectivity index (χ2n) is 6.98. The quantitative estimate of drug-likeness (QED) is 0.538. The third-order valence-electron chi connectivity index (χ3n) is 4.49. The van der Waals surface area contributed by atoms with Gasteiger partial charge in [-0.1, -0.05) is 57.0 Å². The van der Waals surface area contributed by atoms with Gasteiger partial charge in [-0.15, -0.1) is 0 Å². The van der Waals surface area contributed by atoms with Crippen LogP contribution in [0.5, 0.6) is 0 Å². The van der Waals surface area contributed by atoms with E-state index in [1.807, 2.05) is 19.9 Å². The summed E-state index contributed by atoms with van der Waals surface area (Å²) in [6, 6.07) is 14.8. The first-order valence-corrected chi connectivity index (χ1v) is 13.0. The van der Waals surface area contributed by atoms with Gasteiger partial charge in [-0.25, -0.2) is 16.8 Å². The van der Waals surface area contributed by atoms with Crippen molar-refractivity contribution >= 4 is 25.7 Å².